The van der Waals surface area contributed by atoms with Crippen LogP contribution in [0.4, 0.5) is 15.0 Å². The number of nitrogens with one attached hydrogen (secondary N) is 1. The van der Waals surface area contributed by atoms with Crippen LogP contribution >= 0.6 is 0 Å². The standard InChI is InChI=1S/C36H52FN7O4/c1-4-44(25(2)3)34(45)30-21-27(37)9-10-31(30)48-33-32(38-24-39-41-33)43-18-13-26(23-43)22-42-19-16-36(17-20-42)14-11-29(12-15-36)47-35(46)40-28-7-5-6-8-28/h9-10,21,24-26,28-29H,4-8,11-20,22-23H2,1-3H3,(H,40,46)/t26-/m0/s1. The summed E-state index contributed by atoms with van der Waals surface area (Å²) < 4.78 is 26.3. The van der Waals surface area contributed by atoms with Gasteiger partial charge in [0.1, 0.15) is 24.0 Å². The molecule has 2 aliphatic heterocycles. The van der Waals surface area contributed by atoms with Crippen LogP contribution in [0.25, 0.3) is 0 Å². The van der Waals surface area contributed by atoms with Crippen LogP contribution in [0.3, 0.4) is 0 Å². The van der Waals surface area contributed by atoms with Crippen molar-refractivity contribution in [3.05, 3.63) is 35.9 Å². The maximum absolute atomic E-state index is 14.3. The van der Waals surface area contributed by atoms with Crippen molar-refractivity contribution in [3.8, 4) is 11.6 Å². The number of aromatic nitrogens is 3. The molecule has 48 heavy (non-hydrogen) atoms. The highest BCUT2D eigenvalue weighted by Crippen LogP contribution is 2.45. The summed E-state index contributed by atoms with van der Waals surface area (Å²) in [6.07, 6.45) is 13.4. The second kappa shape index (κ2) is 15.3. The lowest BCUT2D eigenvalue weighted by Gasteiger charge is -2.46. The van der Waals surface area contributed by atoms with Crippen molar-refractivity contribution in [3.63, 3.8) is 0 Å². The van der Waals surface area contributed by atoms with Crippen molar-refractivity contribution in [1.82, 2.24) is 30.3 Å². The van der Waals surface area contributed by atoms with Crippen LogP contribution in [-0.2, 0) is 4.74 Å². The molecule has 4 fully saturated rings. The van der Waals surface area contributed by atoms with Crippen LogP contribution in [0.2, 0.25) is 0 Å². The first-order valence-corrected chi connectivity index (χ1v) is 18.1. The van der Waals surface area contributed by atoms with E-state index < -0.39 is 5.82 Å². The van der Waals surface area contributed by atoms with Gasteiger partial charge < -0.3 is 29.5 Å². The molecule has 0 unspecified atom stereocenters. The van der Waals surface area contributed by atoms with Gasteiger partial charge in [0, 0.05) is 38.3 Å². The van der Waals surface area contributed by atoms with E-state index in [2.05, 4.69) is 30.3 Å². The average Bonchev–Trinajstić information content (AvgIpc) is 3.77. The summed E-state index contributed by atoms with van der Waals surface area (Å²) in [5.41, 5.74) is 0.526. The Morgan fingerprint density at radius 2 is 1.81 bits per heavy atom. The number of nitrogens with zero attached hydrogens (tertiary/aromatic N) is 6. The lowest BCUT2D eigenvalue weighted by Crippen LogP contribution is -2.45. The molecule has 1 atom stereocenters. The van der Waals surface area contributed by atoms with E-state index in [1.807, 2.05) is 20.8 Å². The first-order chi connectivity index (χ1) is 23.2. The smallest absolute Gasteiger partial charge is 0.407 e. The second-order valence-corrected chi connectivity index (χ2v) is 14.6. The van der Waals surface area contributed by atoms with Gasteiger partial charge in [-0.1, -0.05) is 12.8 Å². The summed E-state index contributed by atoms with van der Waals surface area (Å²) >= 11 is 0. The van der Waals surface area contributed by atoms with Gasteiger partial charge in [-0.15, -0.1) is 10.2 Å². The minimum Gasteiger partial charge on any atom is -0.446 e. The Hall–Kier alpha value is -3.54. The molecule has 2 saturated carbocycles. The van der Waals surface area contributed by atoms with E-state index in [4.69, 9.17) is 9.47 Å². The van der Waals surface area contributed by atoms with Crippen LogP contribution in [-0.4, -0.2) is 94.4 Å². The lowest BCUT2D eigenvalue weighted by molar-refractivity contribution is 0.00399. The molecule has 1 N–H and O–H groups in total. The van der Waals surface area contributed by atoms with Crippen molar-refractivity contribution < 1.29 is 23.5 Å². The van der Waals surface area contributed by atoms with Gasteiger partial charge in [-0.3, -0.25) is 4.79 Å². The molecule has 1 spiro atoms. The number of halogens is 1. The number of carbonyl (C=O) groups is 2. The molecule has 0 bridgehead atoms. The first-order valence-electron chi connectivity index (χ1n) is 18.1. The number of hydrogen-bond acceptors (Lipinski definition) is 9. The molecular formula is C36H52FN7O4. The molecule has 1 aromatic carbocycles. The summed E-state index contributed by atoms with van der Waals surface area (Å²) in [6.45, 7) is 11.1. The molecule has 11 nitrogen and oxygen atoms in total. The van der Waals surface area contributed by atoms with E-state index in [-0.39, 0.29) is 41.3 Å². The Balaban J connectivity index is 0.996. The van der Waals surface area contributed by atoms with Crippen LogP contribution < -0.4 is 15.0 Å². The number of carbonyl (C=O) groups excluding carboxylic acids is 2. The van der Waals surface area contributed by atoms with Crippen molar-refractivity contribution in [1.29, 1.82) is 0 Å². The fourth-order valence-corrected chi connectivity index (χ4v) is 8.30. The highest BCUT2D eigenvalue weighted by molar-refractivity contribution is 5.97. The molecule has 2 aliphatic carbocycles. The molecule has 2 aromatic rings. The topological polar surface area (TPSA) is 113 Å². The number of amides is 2. The van der Waals surface area contributed by atoms with Gasteiger partial charge in [0.25, 0.3) is 11.8 Å². The Bertz CT molecular complexity index is 1400. The number of benzene rings is 1. The summed E-state index contributed by atoms with van der Waals surface area (Å²) in [6, 6.07) is 4.22. The molecular weight excluding hydrogens is 613 g/mol. The van der Waals surface area contributed by atoms with Crippen LogP contribution in [0.1, 0.15) is 102 Å². The molecule has 1 aromatic heterocycles. The first kappa shape index (κ1) is 34.3. The van der Waals surface area contributed by atoms with Gasteiger partial charge >= 0.3 is 6.09 Å². The lowest BCUT2D eigenvalue weighted by atomic mass is 9.67. The number of ether oxygens (including phenoxy) is 2. The minimum absolute atomic E-state index is 0.0469. The fraction of sp³-hybridized carbons (Fsp3) is 0.694. The van der Waals surface area contributed by atoms with E-state index in [1.54, 1.807) is 4.90 Å². The molecule has 2 saturated heterocycles. The zero-order valence-electron chi connectivity index (χ0n) is 28.8. The van der Waals surface area contributed by atoms with Crippen molar-refractivity contribution in [2.75, 3.05) is 44.2 Å². The maximum Gasteiger partial charge on any atom is 0.407 e. The monoisotopic (exact) mass is 665 g/mol. The van der Waals surface area contributed by atoms with E-state index in [1.165, 1.54) is 50.2 Å². The van der Waals surface area contributed by atoms with Crippen molar-refractivity contribution in [2.45, 2.75) is 110 Å². The molecule has 6 rings (SSSR count). The number of anilines is 1. The van der Waals surface area contributed by atoms with E-state index in [0.29, 0.717) is 29.7 Å². The number of rotatable bonds is 10. The minimum atomic E-state index is -0.505. The number of piperidine rings is 1. The highest BCUT2D eigenvalue weighted by Gasteiger charge is 2.40. The zero-order valence-corrected chi connectivity index (χ0v) is 28.8. The van der Waals surface area contributed by atoms with Crippen molar-refractivity contribution >= 4 is 17.8 Å². The third-order valence-electron chi connectivity index (χ3n) is 11.1. The Labute approximate surface area is 283 Å². The molecule has 262 valence electrons. The van der Waals surface area contributed by atoms with Gasteiger partial charge in [-0.05, 0) is 121 Å². The van der Waals surface area contributed by atoms with E-state index in [0.717, 1.165) is 77.7 Å². The van der Waals surface area contributed by atoms with Gasteiger partial charge in [-0.25, -0.2) is 14.2 Å². The van der Waals surface area contributed by atoms with Gasteiger partial charge in [-0.2, -0.15) is 0 Å². The number of likely N-dealkylation sites (tertiary alicyclic amines) is 1. The Morgan fingerprint density at radius 1 is 1.06 bits per heavy atom. The molecule has 12 heteroatoms. The van der Waals surface area contributed by atoms with Crippen LogP contribution in [0, 0.1) is 17.2 Å². The van der Waals surface area contributed by atoms with Gasteiger partial charge in [0.2, 0.25) is 0 Å². The van der Waals surface area contributed by atoms with Gasteiger partial charge in [0.05, 0.1) is 5.56 Å². The number of hydrogen-bond donors (Lipinski definition) is 1. The molecule has 0 radical (unpaired) electrons. The largest absolute Gasteiger partial charge is 0.446 e. The predicted molar refractivity (Wildman–Crippen MR) is 181 cm³/mol. The average molecular weight is 666 g/mol. The SMILES string of the molecule is CCN(C(=O)c1cc(F)ccc1Oc1nncnc1N1CC[C@@H](CN2CCC3(CCC(OC(=O)NC4CCCC4)CC3)CC2)C1)C(C)C. The summed E-state index contributed by atoms with van der Waals surface area (Å²) in [4.78, 5) is 36.7. The highest BCUT2D eigenvalue weighted by atomic mass is 19.1. The Kier molecular flexibility index (Phi) is 11.0. The third kappa shape index (κ3) is 8.18. The predicted octanol–water partition coefficient (Wildman–Crippen LogP) is 6.19. The summed E-state index contributed by atoms with van der Waals surface area (Å²) in [5.74, 6) is 0.705. The normalized spacial score (nSPS) is 21.9. The Morgan fingerprint density at radius 3 is 2.52 bits per heavy atom. The van der Waals surface area contributed by atoms with E-state index >= 15 is 0 Å². The van der Waals surface area contributed by atoms with Crippen molar-refractivity contribution in [2.24, 2.45) is 11.3 Å². The van der Waals surface area contributed by atoms with Crippen LogP contribution in [0.5, 0.6) is 11.6 Å². The van der Waals surface area contributed by atoms with Gasteiger partial charge in [0.15, 0.2) is 5.82 Å². The molecule has 4 aliphatic rings. The maximum atomic E-state index is 14.3. The molecule has 2 amide bonds. The zero-order chi connectivity index (χ0) is 33.7. The quantitative estimate of drug-likeness (QED) is 0.317. The summed E-state index contributed by atoms with van der Waals surface area (Å²) in [5, 5.41) is 11.3. The molecule has 3 heterocycles. The summed E-state index contributed by atoms with van der Waals surface area (Å²) in [7, 11) is 0. The second-order valence-electron chi connectivity index (χ2n) is 14.6. The fourth-order valence-electron chi connectivity index (χ4n) is 8.30. The van der Waals surface area contributed by atoms with E-state index in [9.17, 15) is 14.0 Å². The van der Waals surface area contributed by atoms with Crippen LogP contribution in [0.15, 0.2) is 24.5 Å². The third-order valence-corrected chi connectivity index (χ3v) is 11.1. The number of alkyl carbamates (subject to hydrolysis) is 1.